The van der Waals surface area contributed by atoms with Gasteiger partial charge in [-0.2, -0.15) is 5.10 Å². The van der Waals surface area contributed by atoms with Gasteiger partial charge < -0.3 is 15.0 Å². The van der Waals surface area contributed by atoms with Crippen molar-refractivity contribution in [3.63, 3.8) is 0 Å². The van der Waals surface area contributed by atoms with Gasteiger partial charge in [0.25, 0.3) is 0 Å². The predicted molar refractivity (Wildman–Crippen MR) is 106 cm³/mol. The fourth-order valence-electron chi connectivity index (χ4n) is 2.70. The van der Waals surface area contributed by atoms with E-state index in [1.54, 1.807) is 6.21 Å². The van der Waals surface area contributed by atoms with Crippen LogP contribution in [0.2, 0.25) is 0 Å². The number of fused-ring (bicyclic) bond motifs is 1. The maximum Gasteiger partial charge on any atom is 0.184 e. The molecule has 6 heteroatoms. The van der Waals surface area contributed by atoms with Gasteiger partial charge in [-0.15, -0.1) is 0 Å². The van der Waals surface area contributed by atoms with Crippen molar-refractivity contribution < 1.29 is 4.74 Å². The zero-order chi connectivity index (χ0) is 17.6. The van der Waals surface area contributed by atoms with E-state index >= 15 is 0 Å². The second-order valence-electron chi connectivity index (χ2n) is 5.64. The van der Waals surface area contributed by atoms with E-state index in [1.807, 2.05) is 43.3 Å². The van der Waals surface area contributed by atoms with E-state index in [1.165, 1.54) is 0 Å². The van der Waals surface area contributed by atoms with Gasteiger partial charge in [0.1, 0.15) is 12.4 Å². The number of para-hydroxylation sites is 2. The van der Waals surface area contributed by atoms with Crippen LogP contribution in [0.15, 0.2) is 59.8 Å². The molecule has 2 aromatic carbocycles. The Morgan fingerprint density at radius 3 is 2.80 bits per heavy atom. The fraction of sp³-hybridized carbons (Fsp3) is 0.158. The highest BCUT2D eigenvalue weighted by atomic mass is 32.1. The largest absolute Gasteiger partial charge is 0.491 e. The van der Waals surface area contributed by atoms with Gasteiger partial charge in [0.15, 0.2) is 5.11 Å². The standard InChI is InChI=1S/C19H20N4OS/c1-14-6-2-5-9-18(14)24-11-10-23-13-15(12-21-22-19(20)25)16-7-3-4-8-17(16)23/h2-9,12-13H,10-11H2,1H3,(H3,20,22,25)/b21-12-. The van der Waals surface area contributed by atoms with Crippen LogP contribution in [0.25, 0.3) is 10.9 Å². The summed E-state index contributed by atoms with van der Waals surface area (Å²) in [5.74, 6) is 0.918. The number of ether oxygens (including phenoxy) is 1. The molecule has 1 aromatic heterocycles. The fourth-order valence-corrected chi connectivity index (χ4v) is 2.75. The lowest BCUT2D eigenvalue weighted by Gasteiger charge is -2.10. The normalized spacial score (nSPS) is 11.1. The molecule has 5 nitrogen and oxygen atoms in total. The van der Waals surface area contributed by atoms with Crippen molar-refractivity contribution in [3.8, 4) is 5.75 Å². The molecule has 0 saturated heterocycles. The Kier molecular flexibility index (Phi) is 5.30. The predicted octanol–water partition coefficient (Wildman–Crippen LogP) is 3.20. The lowest BCUT2D eigenvalue weighted by atomic mass is 10.2. The molecule has 0 unspecified atom stereocenters. The van der Waals surface area contributed by atoms with Crippen molar-refractivity contribution >= 4 is 34.4 Å². The summed E-state index contributed by atoms with van der Waals surface area (Å²) < 4.78 is 8.07. The van der Waals surface area contributed by atoms with E-state index in [0.717, 1.165) is 34.3 Å². The number of benzene rings is 2. The molecular weight excluding hydrogens is 332 g/mol. The zero-order valence-corrected chi connectivity index (χ0v) is 14.8. The van der Waals surface area contributed by atoms with Gasteiger partial charge >= 0.3 is 0 Å². The first-order valence-electron chi connectivity index (χ1n) is 8.00. The van der Waals surface area contributed by atoms with E-state index in [9.17, 15) is 0 Å². The third-order valence-corrected chi connectivity index (χ3v) is 3.97. The van der Waals surface area contributed by atoms with E-state index < -0.39 is 0 Å². The molecule has 0 atom stereocenters. The number of hydrogen-bond acceptors (Lipinski definition) is 3. The Morgan fingerprint density at radius 2 is 2.00 bits per heavy atom. The van der Waals surface area contributed by atoms with Crippen LogP contribution in [0.3, 0.4) is 0 Å². The van der Waals surface area contributed by atoms with Crippen LogP contribution >= 0.6 is 12.2 Å². The molecule has 3 N–H and O–H groups in total. The van der Waals surface area contributed by atoms with Crippen molar-refractivity contribution in [3.05, 3.63) is 65.9 Å². The monoisotopic (exact) mass is 352 g/mol. The van der Waals surface area contributed by atoms with Gasteiger partial charge in [-0.05, 0) is 36.8 Å². The summed E-state index contributed by atoms with van der Waals surface area (Å²) in [7, 11) is 0. The summed E-state index contributed by atoms with van der Waals surface area (Å²) in [6.07, 6.45) is 3.77. The maximum atomic E-state index is 5.91. The molecule has 0 bridgehead atoms. The van der Waals surface area contributed by atoms with Crippen LogP contribution in [0, 0.1) is 6.92 Å². The van der Waals surface area contributed by atoms with Crippen molar-refractivity contribution in [2.24, 2.45) is 10.8 Å². The SMILES string of the molecule is Cc1ccccc1OCCn1cc(/C=N\NC(N)=S)c2ccccc21. The first kappa shape index (κ1) is 17.0. The summed E-state index contributed by atoms with van der Waals surface area (Å²) in [4.78, 5) is 0. The lowest BCUT2D eigenvalue weighted by Crippen LogP contribution is -2.23. The average molecular weight is 352 g/mol. The number of aromatic nitrogens is 1. The Hall–Kier alpha value is -2.86. The van der Waals surface area contributed by atoms with Gasteiger partial charge in [0.2, 0.25) is 0 Å². The summed E-state index contributed by atoms with van der Waals surface area (Å²) in [5, 5.41) is 5.32. The summed E-state index contributed by atoms with van der Waals surface area (Å²) in [6.45, 7) is 3.38. The molecule has 1 heterocycles. The number of nitrogens with zero attached hydrogens (tertiary/aromatic N) is 2. The van der Waals surface area contributed by atoms with Crippen molar-refractivity contribution in [2.75, 3.05) is 6.61 Å². The average Bonchev–Trinajstić information content (AvgIpc) is 2.95. The van der Waals surface area contributed by atoms with Crippen LogP contribution < -0.4 is 15.9 Å². The third-order valence-electron chi connectivity index (χ3n) is 3.88. The molecule has 0 aliphatic rings. The highest BCUT2D eigenvalue weighted by molar-refractivity contribution is 7.80. The second-order valence-corrected chi connectivity index (χ2v) is 6.08. The van der Waals surface area contributed by atoms with Gasteiger partial charge in [-0.25, -0.2) is 0 Å². The Balaban J connectivity index is 1.76. The van der Waals surface area contributed by atoms with Gasteiger partial charge in [-0.1, -0.05) is 36.4 Å². The minimum atomic E-state index is 0.145. The third kappa shape index (κ3) is 4.16. The van der Waals surface area contributed by atoms with Gasteiger partial charge in [0, 0.05) is 22.7 Å². The highest BCUT2D eigenvalue weighted by Gasteiger charge is 2.07. The van der Waals surface area contributed by atoms with E-state index in [4.69, 9.17) is 22.7 Å². The van der Waals surface area contributed by atoms with Crippen LogP contribution in [0.1, 0.15) is 11.1 Å². The molecule has 0 fully saturated rings. The minimum absolute atomic E-state index is 0.145. The molecule has 0 spiro atoms. The molecule has 0 amide bonds. The topological polar surface area (TPSA) is 64.6 Å². The summed E-state index contributed by atoms with van der Waals surface area (Å²) >= 11 is 4.76. The summed E-state index contributed by atoms with van der Waals surface area (Å²) in [6, 6.07) is 16.2. The first-order valence-corrected chi connectivity index (χ1v) is 8.41. The quantitative estimate of drug-likeness (QED) is 0.406. The van der Waals surface area contributed by atoms with Gasteiger partial charge in [-0.3, -0.25) is 5.43 Å². The minimum Gasteiger partial charge on any atom is -0.491 e. The smallest absolute Gasteiger partial charge is 0.184 e. The van der Waals surface area contributed by atoms with Crippen LogP contribution in [-0.2, 0) is 6.54 Å². The molecule has 0 aliphatic carbocycles. The molecule has 0 aliphatic heterocycles. The number of hydrazone groups is 1. The highest BCUT2D eigenvalue weighted by Crippen LogP contribution is 2.21. The van der Waals surface area contributed by atoms with Crippen molar-refractivity contribution in [2.45, 2.75) is 13.5 Å². The number of nitrogens with two attached hydrogens (primary N) is 1. The summed E-state index contributed by atoms with van der Waals surface area (Å²) in [5.41, 5.74) is 11.2. The van der Waals surface area contributed by atoms with Gasteiger partial charge in [0.05, 0.1) is 12.8 Å². The van der Waals surface area contributed by atoms with E-state index in [0.29, 0.717) is 6.61 Å². The van der Waals surface area contributed by atoms with Crippen molar-refractivity contribution in [1.29, 1.82) is 0 Å². The molecule has 25 heavy (non-hydrogen) atoms. The zero-order valence-electron chi connectivity index (χ0n) is 14.0. The molecule has 0 radical (unpaired) electrons. The Morgan fingerprint density at radius 1 is 1.24 bits per heavy atom. The number of thiocarbonyl (C=S) groups is 1. The molecule has 3 aromatic rings. The maximum absolute atomic E-state index is 5.91. The number of hydrogen-bond donors (Lipinski definition) is 2. The van der Waals surface area contributed by atoms with Crippen LogP contribution in [0.5, 0.6) is 5.75 Å². The number of rotatable bonds is 6. The lowest BCUT2D eigenvalue weighted by molar-refractivity contribution is 0.298. The number of aryl methyl sites for hydroxylation is 1. The van der Waals surface area contributed by atoms with Crippen molar-refractivity contribution in [1.82, 2.24) is 9.99 Å². The molecule has 3 rings (SSSR count). The molecule has 0 saturated carbocycles. The Bertz CT molecular complexity index is 917. The van der Waals surface area contributed by atoms with E-state index in [2.05, 4.69) is 33.4 Å². The first-order chi connectivity index (χ1) is 12.1. The van der Waals surface area contributed by atoms with E-state index in [-0.39, 0.29) is 5.11 Å². The Labute approximate surface area is 152 Å². The second kappa shape index (κ2) is 7.81. The van der Waals surface area contributed by atoms with Crippen LogP contribution in [0.4, 0.5) is 0 Å². The number of nitrogens with one attached hydrogen (secondary N) is 1. The molecule has 128 valence electrons. The molecular formula is C19H20N4OS. The van der Waals surface area contributed by atoms with Crippen LogP contribution in [-0.4, -0.2) is 22.5 Å².